The summed E-state index contributed by atoms with van der Waals surface area (Å²) in [5.74, 6) is -4.12. The topological polar surface area (TPSA) is 153 Å². The number of amides is 2. The second-order valence-electron chi connectivity index (χ2n) is 10.4. The Kier molecular flexibility index (Phi) is 17.2. The van der Waals surface area contributed by atoms with Gasteiger partial charge in [0, 0.05) is 19.2 Å². The molecule has 5 N–H and O–H groups in total. The number of aliphatic hydroxyl groups is 1. The van der Waals surface area contributed by atoms with Crippen molar-refractivity contribution < 1.29 is 31.9 Å². The Morgan fingerprint density at radius 2 is 1.69 bits per heavy atom. The number of benzene rings is 2. The molecule has 0 radical (unpaired) electrons. The summed E-state index contributed by atoms with van der Waals surface area (Å²) in [5.41, 5.74) is 2.33. The number of halogens is 4. The van der Waals surface area contributed by atoms with E-state index in [0.717, 1.165) is 29.7 Å². The molecule has 3 atom stereocenters. The van der Waals surface area contributed by atoms with E-state index in [9.17, 15) is 31.9 Å². The highest BCUT2D eigenvalue weighted by molar-refractivity contribution is 7.91. The van der Waals surface area contributed by atoms with Gasteiger partial charge in [-0.25, -0.2) is 22.2 Å². The fraction of sp³-hybridized carbons (Fsp3) is 0.433. The fourth-order valence-corrected chi connectivity index (χ4v) is 6.15. The van der Waals surface area contributed by atoms with E-state index >= 15 is 0 Å². The third kappa shape index (κ3) is 13.4. The molecule has 0 aliphatic carbocycles. The molecule has 3 aromatic rings. The summed E-state index contributed by atoms with van der Waals surface area (Å²) < 4.78 is 53.5. The van der Waals surface area contributed by atoms with Crippen molar-refractivity contribution in [1.82, 2.24) is 25.9 Å². The summed E-state index contributed by atoms with van der Waals surface area (Å²) in [5, 5.41) is 19.3. The minimum absolute atomic E-state index is 0. The van der Waals surface area contributed by atoms with Crippen molar-refractivity contribution in [3.8, 4) is 0 Å². The van der Waals surface area contributed by atoms with Gasteiger partial charge in [0.2, 0.25) is 5.91 Å². The normalized spacial score (nSPS) is 13.1. The van der Waals surface area contributed by atoms with Crippen molar-refractivity contribution in [2.75, 3.05) is 18.1 Å². The molecule has 15 heteroatoms. The number of rotatable bonds is 17. The number of nitrogens with one attached hydrogen (secondary N) is 4. The number of aromatic nitrogens is 2. The number of imidazole rings is 1. The van der Waals surface area contributed by atoms with E-state index in [1.54, 1.807) is 0 Å². The van der Waals surface area contributed by atoms with E-state index in [2.05, 4.69) is 25.9 Å². The van der Waals surface area contributed by atoms with E-state index in [1.165, 1.54) is 12.5 Å². The van der Waals surface area contributed by atoms with Gasteiger partial charge in [-0.05, 0) is 48.1 Å². The maximum atomic E-state index is 14.0. The minimum Gasteiger partial charge on any atom is -0.390 e. The predicted octanol–water partition coefficient (Wildman–Crippen LogP) is 3.29. The van der Waals surface area contributed by atoms with Crippen molar-refractivity contribution >= 4 is 46.5 Å². The molecule has 2 aromatic carbocycles. The minimum atomic E-state index is -3.75. The maximum Gasteiger partial charge on any atom is 0.270 e. The van der Waals surface area contributed by atoms with Gasteiger partial charge in [0.15, 0.2) is 9.84 Å². The van der Waals surface area contributed by atoms with Crippen LogP contribution in [0.2, 0.25) is 0 Å². The Bertz CT molecular complexity index is 1440. The highest BCUT2D eigenvalue weighted by Gasteiger charge is 2.31. The van der Waals surface area contributed by atoms with Crippen LogP contribution in [-0.2, 0) is 34.0 Å². The van der Waals surface area contributed by atoms with Crippen LogP contribution < -0.4 is 16.0 Å². The molecule has 0 aliphatic heterocycles. The Morgan fingerprint density at radius 3 is 2.31 bits per heavy atom. The summed E-state index contributed by atoms with van der Waals surface area (Å²) in [6.45, 7) is 4.28. The van der Waals surface area contributed by atoms with E-state index in [1.807, 2.05) is 38.1 Å². The second-order valence-corrected chi connectivity index (χ2v) is 12.7. The SMILES string of the molecule is CCCCS(=O)(=O)C[C@@H](NC(=O)c1cnc[nH]1)C(=O)N[C@@H](Cc1cc(F)cc(F)c1)[C@H](O)CNCc1cccc(CC)c1.Cl.Cl. The Labute approximate surface area is 274 Å². The maximum absolute atomic E-state index is 14.0. The summed E-state index contributed by atoms with van der Waals surface area (Å²) in [7, 11) is -3.75. The van der Waals surface area contributed by atoms with Gasteiger partial charge in [-0.2, -0.15) is 0 Å². The summed E-state index contributed by atoms with van der Waals surface area (Å²) in [4.78, 5) is 32.6. The number of H-pyrrole nitrogens is 1. The highest BCUT2D eigenvalue weighted by atomic mass is 35.5. The van der Waals surface area contributed by atoms with Gasteiger partial charge in [0.1, 0.15) is 23.4 Å². The van der Waals surface area contributed by atoms with E-state index in [0.29, 0.717) is 25.5 Å². The Morgan fingerprint density at radius 1 is 1.00 bits per heavy atom. The lowest BCUT2D eigenvalue weighted by molar-refractivity contribution is -0.124. The Balaban J connectivity index is 0.00000506. The molecule has 250 valence electrons. The van der Waals surface area contributed by atoms with Crippen LogP contribution in [0.3, 0.4) is 0 Å². The molecule has 3 rings (SSSR count). The quantitative estimate of drug-likeness (QED) is 0.146. The summed E-state index contributed by atoms with van der Waals surface area (Å²) in [6, 6.07) is 8.18. The number of aromatic amines is 1. The highest BCUT2D eigenvalue weighted by Crippen LogP contribution is 2.13. The largest absolute Gasteiger partial charge is 0.390 e. The molecule has 0 fully saturated rings. The van der Waals surface area contributed by atoms with Crippen LogP contribution in [0.4, 0.5) is 8.78 Å². The summed E-state index contributed by atoms with van der Waals surface area (Å²) >= 11 is 0. The molecule has 0 bridgehead atoms. The smallest absolute Gasteiger partial charge is 0.270 e. The zero-order valence-electron chi connectivity index (χ0n) is 25.1. The number of unbranched alkanes of at least 4 members (excludes halogenated alkanes) is 1. The van der Waals surface area contributed by atoms with E-state index in [-0.39, 0.29) is 54.8 Å². The van der Waals surface area contributed by atoms with E-state index in [4.69, 9.17) is 0 Å². The number of hydrogen-bond acceptors (Lipinski definition) is 7. The summed E-state index contributed by atoms with van der Waals surface area (Å²) in [6.07, 6.45) is 2.93. The third-order valence-corrected chi connectivity index (χ3v) is 8.60. The molecule has 0 spiro atoms. The first-order valence-corrected chi connectivity index (χ1v) is 16.0. The van der Waals surface area contributed by atoms with Gasteiger partial charge >= 0.3 is 0 Å². The first-order valence-electron chi connectivity index (χ1n) is 14.2. The average Bonchev–Trinajstić information content (AvgIpc) is 3.50. The van der Waals surface area contributed by atoms with Crippen molar-refractivity contribution in [2.45, 2.75) is 64.3 Å². The molecule has 1 heterocycles. The molecule has 45 heavy (non-hydrogen) atoms. The first kappa shape index (κ1) is 39.9. The second kappa shape index (κ2) is 19.4. The van der Waals surface area contributed by atoms with Gasteiger partial charge in [-0.3, -0.25) is 9.59 Å². The van der Waals surface area contributed by atoms with Crippen LogP contribution in [0, 0.1) is 11.6 Å². The van der Waals surface area contributed by atoms with Gasteiger partial charge in [-0.1, -0.05) is 44.5 Å². The van der Waals surface area contributed by atoms with Crippen molar-refractivity contribution in [2.24, 2.45) is 0 Å². The zero-order valence-corrected chi connectivity index (χ0v) is 27.5. The third-order valence-electron chi connectivity index (χ3n) is 6.85. The van der Waals surface area contributed by atoms with Crippen LogP contribution in [0.25, 0.3) is 0 Å². The number of nitrogens with zero attached hydrogens (tertiary/aromatic N) is 1. The van der Waals surface area contributed by atoms with Crippen LogP contribution in [0.15, 0.2) is 55.0 Å². The zero-order chi connectivity index (χ0) is 31.4. The fourth-order valence-electron chi connectivity index (χ4n) is 4.52. The van der Waals surface area contributed by atoms with E-state index < -0.39 is 57.2 Å². The number of carbonyl (C=O) groups is 2. The van der Waals surface area contributed by atoms with Crippen LogP contribution >= 0.6 is 24.8 Å². The van der Waals surface area contributed by atoms with Crippen molar-refractivity contribution in [3.63, 3.8) is 0 Å². The standard InChI is InChI=1S/C30H39F2N5O5S.2ClH/c1-3-5-9-43(41,42)18-27(37-29(39)26-16-34-19-35-26)30(40)36-25(13-22-11-23(31)14-24(32)12-22)28(38)17-33-15-21-8-6-7-20(4-2)10-21;;/h6-8,10-12,14,16,19,25,27-28,33,38H,3-5,9,13,15,17-18H2,1-2H3,(H,34,35)(H,36,40)(H,37,39);2*1H/t25-,27+,28+;;/m0../s1. The molecular weight excluding hydrogens is 651 g/mol. The number of carbonyl (C=O) groups excluding carboxylic acids is 2. The molecule has 0 saturated carbocycles. The van der Waals surface area contributed by atoms with Crippen LogP contribution in [0.1, 0.15) is 53.9 Å². The van der Waals surface area contributed by atoms with Crippen LogP contribution in [-0.4, -0.2) is 71.5 Å². The predicted molar refractivity (Wildman–Crippen MR) is 173 cm³/mol. The van der Waals surface area contributed by atoms with Gasteiger partial charge in [0.05, 0.1) is 36.2 Å². The lowest BCUT2D eigenvalue weighted by Crippen LogP contribution is -2.56. The first-order chi connectivity index (χ1) is 20.5. The molecule has 10 nitrogen and oxygen atoms in total. The molecule has 0 unspecified atom stereocenters. The Hall–Kier alpha value is -3.10. The molecular formula is C30H41Cl2F2N5O5S. The van der Waals surface area contributed by atoms with Gasteiger partial charge in [-0.15, -0.1) is 24.8 Å². The molecule has 0 aliphatic rings. The van der Waals surface area contributed by atoms with Crippen molar-refractivity contribution in [3.05, 3.63) is 89.0 Å². The average molecular weight is 693 g/mol. The van der Waals surface area contributed by atoms with Gasteiger partial charge in [0.25, 0.3) is 5.91 Å². The molecule has 1 aromatic heterocycles. The number of hydrogen-bond donors (Lipinski definition) is 5. The number of sulfone groups is 1. The molecule has 2 amide bonds. The molecule has 0 saturated heterocycles. The monoisotopic (exact) mass is 691 g/mol. The number of aryl methyl sites for hydroxylation is 1. The van der Waals surface area contributed by atoms with Gasteiger partial charge < -0.3 is 26.0 Å². The van der Waals surface area contributed by atoms with Crippen molar-refractivity contribution in [1.29, 1.82) is 0 Å². The lowest BCUT2D eigenvalue weighted by atomic mass is 10.00. The number of aliphatic hydroxyl groups excluding tert-OH is 1. The van der Waals surface area contributed by atoms with Crippen LogP contribution in [0.5, 0.6) is 0 Å². The lowest BCUT2D eigenvalue weighted by Gasteiger charge is -2.27.